The minimum Gasteiger partial charge on any atom is -0.480 e. The molecule has 1 saturated heterocycles. The van der Waals surface area contributed by atoms with Gasteiger partial charge in [0.1, 0.15) is 11.9 Å². The molecule has 0 amide bonds. The van der Waals surface area contributed by atoms with Gasteiger partial charge in [-0.2, -0.15) is 0 Å². The summed E-state index contributed by atoms with van der Waals surface area (Å²) in [6.45, 7) is 1.09. The van der Waals surface area contributed by atoms with E-state index in [0.29, 0.717) is 30.1 Å². The van der Waals surface area contributed by atoms with Gasteiger partial charge in [0.05, 0.1) is 0 Å². The van der Waals surface area contributed by atoms with Crippen molar-refractivity contribution in [2.24, 2.45) is 0 Å². The molecule has 5 heteroatoms. The van der Waals surface area contributed by atoms with Crippen molar-refractivity contribution >= 4 is 17.6 Å². The van der Waals surface area contributed by atoms with E-state index in [9.17, 15) is 14.3 Å². The molecule has 1 unspecified atom stereocenters. The van der Waals surface area contributed by atoms with Crippen molar-refractivity contribution in [3.05, 3.63) is 34.6 Å². The van der Waals surface area contributed by atoms with Crippen LogP contribution in [-0.4, -0.2) is 28.6 Å². The lowest BCUT2D eigenvalue weighted by atomic mass is 10.1. The number of likely N-dealkylation sites (tertiary alicyclic amines) is 1. The Bertz CT molecular complexity index is 467. The maximum absolute atomic E-state index is 13.2. The average molecular weight is 286 g/mol. The SMILES string of the molecule is O=C(O)C1CCCCCN1Cc1cc(F)ccc1Cl. The van der Waals surface area contributed by atoms with Gasteiger partial charge < -0.3 is 5.11 Å². The second kappa shape index (κ2) is 6.35. The number of carboxylic acids is 1. The molecule has 1 aromatic rings. The van der Waals surface area contributed by atoms with Crippen molar-refractivity contribution in [1.82, 2.24) is 4.90 Å². The third-order valence-corrected chi connectivity index (χ3v) is 3.90. The quantitative estimate of drug-likeness (QED) is 0.926. The molecule has 104 valence electrons. The molecule has 1 aromatic carbocycles. The van der Waals surface area contributed by atoms with E-state index in [4.69, 9.17) is 11.6 Å². The van der Waals surface area contributed by atoms with E-state index >= 15 is 0 Å². The molecule has 1 heterocycles. The first-order valence-electron chi connectivity index (χ1n) is 6.48. The predicted octanol–water partition coefficient (Wildman–Crippen LogP) is 3.31. The van der Waals surface area contributed by atoms with Gasteiger partial charge in [0.15, 0.2) is 0 Å². The summed E-state index contributed by atoms with van der Waals surface area (Å²) in [6.07, 6.45) is 3.57. The smallest absolute Gasteiger partial charge is 0.320 e. The highest BCUT2D eigenvalue weighted by Gasteiger charge is 2.27. The largest absolute Gasteiger partial charge is 0.480 e. The number of nitrogens with zero attached hydrogens (tertiary/aromatic N) is 1. The fourth-order valence-corrected chi connectivity index (χ4v) is 2.70. The van der Waals surface area contributed by atoms with Gasteiger partial charge in [0.2, 0.25) is 0 Å². The number of carbonyl (C=O) groups is 1. The first-order valence-corrected chi connectivity index (χ1v) is 6.86. The van der Waals surface area contributed by atoms with Gasteiger partial charge in [-0.25, -0.2) is 4.39 Å². The highest BCUT2D eigenvalue weighted by molar-refractivity contribution is 6.31. The minimum atomic E-state index is -0.811. The molecule has 2 rings (SSSR count). The Labute approximate surface area is 117 Å². The zero-order valence-electron chi connectivity index (χ0n) is 10.6. The predicted molar refractivity (Wildman–Crippen MR) is 71.7 cm³/mol. The van der Waals surface area contributed by atoms with Crippen LogP contribution in [0.2, 0.25) is 5.02 Å². The van der Waals surface area contributed by atoms with Crippen LogP contribution in [0.4, 0.5) is 4.39 Å². The van der Waals surface area contributed by atoms with E-state index in [1.165, 1.54) is 18.2 Å². The second-order valence-corrected chi connectivity index (χ2v) is 5.32. The Kier molecular flexibility index (Phi) is 4.77. The summed E-state index contributed by atoms with van der Waals surface area (Å²) in [4.78, 5) is 13.2. The molecular weight excluding hydrogens is 269 g/mol. The summed E-state index contributed by atoms with van der Waals surface area (Å²) in [7, 11) is 0. The average Bonchev–Trinajstić information content (AvgIpc) is 2.59. The maximum Gasteiger partial charge on any atom is 0.320 e. The summed E-state index contributed by atoms with van der Waals surface area (Å²) in [5, 5.41) is 9.77. The van der Waals surface area contributed by atoms with Crippen LogP contribution < -0.4 is 0 Å². The number of carboxylic acid groups (broad SMARTS) is 1. The van der Waals surface area contributed by atoms with Crippen LogP contribution in [0.5, 0.6) is 0 Å². The Hall–Kier alpha value is -1.13. The zero-order valence-corrected chi connectivity index (χ0v) is 11.4. The van der Waals surface area contributed by atoms with Crippen molar-refractivity contribution in [2.45, 2.75) is 38.3 Å². The van der Waals surface area contributed by atoms with E-state index < -0.39 is 12.0 Å². The molecule has 19 heavy (non-hydrogen) atoms. The normalized spacial score (nSPS) is 21.1. The molecule has 0 saturated carbocycles. The standard InChI is InChI=1S/C14H17ClFNO2/c15-12-6-5-11(16)8-10(12)9-17-7-3-1-2-4-13(17)14(18)19/h5-6,8,13H,1-4,7,9H2,(H,18,19). The number of aliphatic carboxylic acids is 1. The molecule has 1 aliphatic rings. The number of hydrogen-bond acceptors (Lipinski definition) is 2. The van der Waals surface area contributed by atoms with Crippen LogP contribution >= 0.6 is 11.6 Å². The topological polar surface area (TPSA) is 40.5 Å². The van der Waals surface area contributed by atoms with E-state index in [0.717, 1.165) is 19.3 Å². The molecule has 3 nitrogen and oxygen atoms in total. The lowest BCUT2D eigenvalue weighted by Crippen LogP contribution is -2.40. The van der Waals surface area contributed by atoms with Gasteiger partial charge in [-0.15, -0.1) is 0 Å². The van der Waals surface area contributed by atoms with Crippen LogP contribution in [-0.2, 0) is 11.3 Å². The second-order valence-electron chi connectivity index (χ2n) is 4.91. The number of rotatable bonds is 3. The van der Waals surface area contributed by atoms with Crippen LogP contribution in [0.15, 0.2) is 18.2 Å². The van der Waals surface area contributed by atoms with Crippen LogP contribution in [0, 0.1) is 5.82 Å². The van der Waals surface area contributed by atoms with Gasteiger partial charge in [-0.3, -0.25) is 9.69 Å². The third-order valence-electron chi connectivity index (χ3n) is 3.53. The van der Waals surface area contributed by atoms with Gasteiger partial charge in [0.25, 0.3) is 0 Å². The molecule has 0 aromatic heterocycles. The van der Waals surface area contributed by atoms with Gasteiger partial charge in [-0.1, -0.05) is 24.4 Å². The minimum absolute atomic E-state index is 0.346. The number of benzene rings is 1. The highest BCUT2D eigenvalue weighted by Crippen LogP contribution is 2.23. The first kappa shape index (κ1) is 14.3. The molecule has 1 atom stereocenters. The van der Waals surface area contributed by atoms with Gasteiger partial charge in [-0.05, 0) is 43.1 Å². The molecule has 0 aliphatic carbocycles. The van der Waals surface area contributed by atoms with Gasteiger partial charge >= 0.3 is 5.97 Å². The lowest BCUT2D eigenvalue weighted by molar-refractivity contribution is -0.143. The molecular formula is C14H17ClFNO2. The summed E-state index contributed by atoms with van der Waals surface area (Å²) >= 11 is 6.04. The molecule has 1 aliphatic heterocycles. The molecule has 0 spiro atoms. The van der Waals surface area contributed by atoms with Crippen molar-refractivity contribution in [3.63, 3.8) is 0 Å². The van der Waals surface area contributed by atoms with E-state index in [-0.39, 0.29) is 5.82 Å². The highest BCUT2D eigenvalue weighted by atomic mass is 35.5. The fourth-order valence-electron chi connectivity index (χ4n) is 2.52. The molecule has 0 radical (unpaired) electrons. The third kappa shape index (κ3) is 3.67. The lowest BCUT2D eigenvalue weighted by Gasteiger charge is -2.27. The van der Waals surface area contributed by atoms with Crippen LogP contribution in [0.1, 0.15) is 31.2 Å². The zero-order chi connectivity index (χ0) is 13.8. The van der Waals surface area contributed by atoms with Crippen molar-refractivity contribution in [2.75, 3.05) is 6.54 Å². The van der Waals surface area contributed by atoms with Crippen LogP contribution in [0.25, 0.3) is 0 Å². The number of hydrogen-bond donors (Lipinski definition) is 1. The summed E-state index contributed by atoms with van der Waals surface area (Å²) in [5.41, 5.74) is 0.648. The monoisotopic (exact) mass is 285 g/mol. The van der Waals surface area contributed by atoms with Gasteiger partial charge in [0, 0.05) is 11.6 Å². The van der Waals surface area contributed by atoms with E-state index in [1.807, 2.05) is 4.90 Å². The number of halogens is 2. The first-order chi connectivity index (χ1) is 9.08. The van der Waals surface area contributed by atoms with Crippen LogP contribution in [0.3, 0.4) is 0 Å². The Morgan fingerprint density at radius 3 is 2.95 bits per heavy atom. The van der Waals surface area contributed by atoms with Crippen molar-refractivity contribution in [3.8, 4) is 0 Å². The summed E-state index contributed by atoms with van der Waals surface area (Å²) in [5.74, 6) is -1.16. The summed E-state index contributed by atoms with van der Waals surface area (Å²) in [6, 6.07) is 3.70. The molecule has 1 fully saturated rings. The molecule has 1 N–H and O–H groups in total. The van der Waals surface area contributed by atoms with E-state index in [2.05, 4.69) is 0 Å². The fraction of sp³-hybridized carbons (Fsp3) is 0.500. The Balaban J connectivity index is 2.18. The van der Waals surface area contributed by atoms with Crippen molar-refractivity contribution in [1.29, 1.82) is 0 Å². The van der Waals surface area contributed by atoms with Crippen molar-refractivity contribution < 1.29 is 14.3 Å². The Morgan fingerprint density at radius 1 is 1.42 bits per heavy atom. The molecule has 0 bridgehead atoms. The van der Waals surface area contributed by atoms with E-state index in [1.54, 1.807) is 0 Å². The Morgan fingerprint density at radius 2 is 2.21 bits per heavy atom. The summed E-state index contributed by atoms with van der Waals surface area (Å²) < 4.78 is 13.2. The maximum atomic E-state index is 13.2.